The largest absolute Gasteiger partial charge is 0.460 e. The number of ketones is 2. The maximum atomic E-state index is 12.0. The van der Waals surface area contributed by atoms with Gasteiger partial charge in [0.1, 0.15) is 5.78 Å². The summed E-state index contributed by atoms with van der Waals surface area (Å²) in [6.07, 6.45) is 4.93. The minimum atomic E-state index is -0.885. The number of ether oxygens (including phenoxy) is 1. The third-order valence-electron chi connectivity index (χ3n) is 3.30. The number of hydrogen-bond donors (Lipinski definition) is 0. The van der Waals surface area contributed by atoms with Crippen LogP contribution >= 0.6 is 0 Å². The summed E-state index contributed by atoms with van der Waals surface area (Å²) in [5, 5.41) is 0. The highest BCUT2D eigenvalue weighted by Crippen LogP contribution is 2.26. The van der Waals surface area contributed by atoms with E-state index in [-0.39, 0.29) is 18.3 Å². The van der Waals surface area contributed by atoms with Crippen molar-refractivity contribution in [3.8, 4) is 0 Å². The van der Waals surface area contributed by atoms with Crippen LogP contribution in [-0.2, 0) is 19.1 Å². The van der Waals surface area contributed by atoms with Crippen molar-refractivity contribution >= 4 is 17.5 Å². The molecular formula is C13H20O4. The predicted octanol–water partition coefficient (Wildman–Crippen LogP) is 1.90. The monoisotopic (exact) mass is 240 g/mol. The van der Waals surface area contributed by atoms with Gasteiger partial charge in [-0.3, -0.25) is 9.59 Å². The third kappa shape index (κ3) is 3.65. The lowest BCUT2D eigenvalue weighted by Gasteiger charge is -2.22. The van der Waals surface area contributed by atoms with E-state index in [2.05, 4.69) is 4.74 Å². The number of esters is 1. The Labute approximate surface area is 102 Å². The lowest BCUT2D eigenvalue weighted by atomic mass is 9.81. The van der Waals surface area contributed by atoms with Gasteiger partial charge >= 0.3 is 5.97 Å². The summed E-state index contributed by atoms with van der Waals surface area (Å²) in [6.45, 7) is 3.31. The Balaban J connectivity index is 2.55. The second-order valence-corrected chi connectivity index (χ2v) is 4.54. The summed E-state index contributed by atoms with van der Waals surface area (Å²) in [5.41, 5.74) is 0. The van der Waals surface area contributed by atoms with Gasteiger partial charge in [0.15, 0.2) is 0 Å². The van der Waals surface area contributed by atoms with Gasteiger partial charge in [0.2, 0.25) is 5.78 Å². The fourth-order valence-corrected chi connectivity index (χ4v) is 2.25. The zero-order valence-electron chi connectivity index (χ0n) is 10.5. The van der Waals surface area contributed by atoms with Crippen LogP contribution in [0.15, 0.2) is 0 Å². The molecule has 0 heterocycles. The molecule has 0 N–H and O–H groups in total. The van der Waals surface area contributed by atoms with E-state index in [0.29, 0.717) is 0 Å². The van der Waals surface area contributed by atoms with Gasteiger partial charge in [0, 0.05) is 5.92 Å². The molecule has 1 atom stereocenters. The van der Waals surface area contributed by atoms with Gasteiger partial charge in [-0.2, -0.15) is 0 Å². The molecule has 0 aromatic heterocycles. The van der Waals surface area contributed by atoms with E-state index in [4.69, 9.17) is 0 Å². The highest BCUT2D eigenvalue weighted by molar-refractivity contribution is 6.38. The molecule has 0 radical (unpaired) electrons. The predicted molar refractivity (Wildman–Crippen MR) is 62.4 cm³/mol. The van der Waals surface area contributed by atoms with Crippen molar-refractivity contribution < 1.29 is 19.1 Å². The Morgan fingerprint density at radius 2 is 1.76 bits per heavy atom. The normalized spacial score (nSPS) is 18.5. The molecule has 1 unspecified atom stereocenters. The fourth-order valence-electron chi connectivity index (χ4n) is 2.25. The minimum absolute atomic E-state index is 0.0443. The van der Waals surface area contributed by atoms with Crippen LogP contribution < -0.4 is 0 Å². The topological polar surface area (TPSA) is 60.4 Å². The summed E-state index contributed by atoms with van der Waals surface area (Å²) >= 11 is 0. The van der Waals surface area contributed by atoms with E-state index in [1.165, 1.54) is 6.92 Å². The Morgan fingerprint density at radius 1 is 1.18 bits per heavy atom. The van der Waals surface area contributed by atoms with Crippen LogP contribution in [0.3, 0.4) is 0 Å². The lowest BCUT2D eigenvalue weighted by molar-refractivity contribution is -0.157. The Morgan fingerprint density at radius 3 is 2.29 bits per heavy atom. The maximum Gasteiger partial charge on any atom is 0.375 e. The molecule has 1 rings (SSSR count). The molecule has 4 nitrogen and oxygen atoms in total. The third-order valence-corrected chi connectivity index (χ3v) is 3.30. The molecule has 0 saturated heterocycles. The first-order valence-corrected chi connectivity index (χ1v) is 6.32. The first-order valence-electron chi connectivity index (χ1n) is 6.32. The zero-order chi connectivity index (χ0) is 12.8. The van der Waals surface area contributed by atoms with Gasteiger partial charge in [-0.1, -0.05) is 19.3 Å². The molecule has 0 aromatic carbocycles. The van der Waals surface area contributed by atoms with Gasteiger partial charge in [-0.15, -0.1) is 0 Å². The molecule has 1 saturated carbocycles. The molecule has 96 valence electrons. The first-order chi connectivity index (χ1) is 8.07. The summed E-state index contributed by atoms with van der Waals surface area (Å²) in [7, 11) is 0. The molecule has 1 aliphatic rings. The second kappa shape index (κ2) is 6.52. The van der Waals surface area contributed by atoms with Crippen LogP contribution in [0.4, 0.5) is 0 Å². The number of carbonyl (C=O) groups is 3. The quantitative estimate of drug-likeness (QED) is 0.418. The highest BCUT2D eigenvalue weighted by atomic mass is 16.5. The van der Waals surface area contributed by atoms with Crippen molar-refractivity contribution in [2.24, 2.45) is 11.8 Å². The maximum absolute atomic E-state index is 12.0. The van der Waals surface area contributed by atoms with Gasteiger partial charge in [-0.25, -0.2) is 4.79 Å². The molecule has 17 heavy (non-hydrogen) atoms. The molecule has 0 amide bonds. The van der Waals surface area contributed by atoms with Crippen molar-refractivity contribution in [2.75, 3.05) is 6.61 Å². The summed E-state index contributed by atoms with van der Waals surface area (Å²) in [5.74, 6) is -2.58. The summed E-state index contributed by atoms with van der Waals surface area (Å²) in [4.78, 5) is 34.9. The zero-order valence-corrected chi connectivity index (χ0v) is 10.5. The van der Waals surface area contributed by atoms with E-state index >= 15 is 0 Å². The highest BCUT2D eigenvalue weighted by Gasteiger charge is 2.33. The van der Waals surface area contributed by atoms with E-state index in [1.54, 1.807) is 6.92 Å². The molecule has 1 fully saturated rings. The lowest BCUT2D eigenvalue weighted by Crippen LogP contribution is -2.34. The standard InChI is InChI=1S/C13H20O4/c1-3-17-13(16)12(15)9(2)11(14)10-7-5-4-6-8-10/h9-10H,3-8H2,1-2H3. The Hall–Kier alpha value is -1.19. The van der Waals surface area contributed by atoms with Crippen LogP contribution in [0.2, 0.25) is 0 Å². The van der Waals surface area contributed by atoms with Crippen molar-refractivity contribution in [3.63, 3.8) is 0 Å². The van der Waals surface area contributed by atoms with Crippen molar-refractivity contribution in [1.82, 2.24) is 0 Å². The van der Waals surface area contributed by atoms with E-state index in [9.17, 15) is 14.4 Å². The molecular weight excluding hydrogens is 220 g/mol. The minimum Gasteiger partial charge on any atom is -0.460 e. The molecule has 4 heteroatoms. The number of carbonyl (C=O) groups excluding carboxylic acids is 3. The second-order valence-electron chi connectivity index (χ2n) is 4.54. The van der Waals surface area contributed by atoms with Crippen molar-refractivity contribution in [2.45, 2.75) is 46.0 Å². The van der Waals surface area contributed by atoms with Crippen LogP contribution in [-0.4, -0.2) is 24.1 Å². The molecule has 0 spiro atoms. The van der Waals surface area contributed by atoms with E-state index in [1.807, 2.05) is 0 Å². The average Bonchev–Trinajstić information content (AvgIpc) is 2.37. The van der Waals surface area contributed by atoms with Gasteiger partial charge in [0.05, 0.1) is 12.5 Å². The molecule has 0 aliphatic heterocycles. The molecule has 0 bridgehead atoms. The summed E-state index contributed by atoms with van der Waals surface area (Å²) in [6, 6.07) is 0. The van der Waals surface area contributed by atoms with E-state index < -0.39 is 17.7 Å². The number of rotatable bonds is 5. The van der Waals surface area contributed by atoms with Crippen LogP contribution in [0.5, 0.6) is 0 Å². The van der Waals surface area contributed by atoms with Crippen LogP contribution in [0, 0.1) is 11.8 Å². The van der Waals surface area contributed by atoms with Crippen LogP contribution in [0.1, 0.15) is 46.0 Å². The van der Waals surface area contributed by atoms with Crippen molar-refractivity contribution in [1.29, 1.82) is 0 Å². The smallest absolute Gasteiger partial charge is 0.375 e. The number of Topliss-reactive ketones (excluding diaryl/α,β-unsaturated/α-hetero) is 2. The summed E-state index contributed by atoms with van der Waals surface area (Å²) < 4.78 is 4.62. The number of hydrogen-bond acceptors (Lipinski definition) is 4. The molecule has 0 aromatic rings. The average molecular weight is 240 g/mol. The van der Waals surface area contributed by atoms with Gasteiger partial charge < -0.3 is 4.74 Å². The van der Waals surface area contributed by atoms with E-state index in [0.717, 1.165) is 32.1 Å². The van der Waals surface area contributed by atoms with Crippen LogP contribution in [0.25, 0.3) is 0 Å². The fraction of sp³-hybridized carbons (Fsp3) is 0.769. The first kappa shape index (κ1) is 13.9. The Bertz CT molecular complexity index is 303. The van der Waals surface area contributed by atoms with Crippen molar-refractivity contribution in [3.05, 3.63) is 0 Å². The Kier molecular flexibility index (Phi) is 5.32. The van der Waals surface area contributed by atoms with Gasteiger partial charge in [0.25, 0.3) is 0 Å². The van der Waals surface area contributed by atoms with Gasteiger partial charge in [-0.05, 0) is 26.7 Å². The molecule has 1 aliphatic carbocycles. The SMILES string of the molecule is CCOC(=O)C(=O)C(C)C(=O)C1CCCCC1.